The van der Waals surface area contributed by atoms with Crippen molar-refractivity contribution in [1.29, 1.82) is 0 Å². The van der Waals surface area contributed by atoms with Gasteiger partial charge in [-0.15, -0.1) is 0 Å². The first kappa shape index (κ1) is 20.9. The third-order valence-electron chi connectivity index (χ3n) is 5.33. The summed E-state index contributed by atoms with van der Waals surface area (Å²) in [6.07, 6.45) is 1.08. The Bertz CT molecular complexity index is 1170. The number of carbonyl (C=O) groups excluding carboxylic acids is 1. The Balaban J connectivity index is 1.42. The molecule has 0 spiro atoms. The highest BCUT2D eigenvalue weighted by atomic mass is 35.5. The predicted octanol–water partition coefficient (Wildman–Crippen LogP) is 6.41. The van der Waals surface area contributed by atoms with Gasteiger partial charge in [-0.05, 0) is 60.4 Å². The number of amides is 1. The van der Waals surface area contributed by atoms with Crippen LogP contribution in [0.2, 0.25) is 5.02 Å². The first-order chi connectivity index (χ1) is 15.0. The van der Waals surface area contributed by atoms with Gasteiger partial charge in [0.1, 0.15) is 11.6 Å². The molecule has 1 unspecified atom stereocenters. The van der Waals surface area contributed by atoms with Crippen molar-refractivity contribution in [3.8, 4) is 17.1 Å². The van der Waals surface area contributed by atoms with Gasteiger partial charge in [0, 0.05) is 11.3 Å². The molecule has 5 nitrogen and oxygen atoms in total. The summed E-state index contributed by atoms with van der Waals surface area (Å²) >= 11 is 6.38. The summed E-state index contributed by atoms with van der Waals surface area (Å²) in [6.45, 7) is 4.27. The lowest BCUT2D eigenvalue weighted by Crippen LogP contribution is -2.20. The van der Waals surface area contributed by atoms with Gasteiger partial charge in [0.15, 0.2) is 6.61 Å². The third kappa shape index (κ3) is 4.89. The molecule has 158 valence electrons. The highest BCUT2D eigenvalue weighted by molar-refractivity contribution is 6.33. The summed E-state index contributed by atoms with van der Waals surface area (Å²) in [5.74, 6) is 1.58. The number of H-pyrrole nitrogens is 1. The molecule has 1 aromatic heterocycles. The average Bonchev–Trinajstić information content (AvgIpc) is 3.23. The van der Waals surface area contributed by atoms with Crippen LogP contribution in [0, 0.1) is 0 Å². The van der Waals surface area contributed by atoms with E-state index in [0.29, 0.717) is 28.2 Å². The lowest BCUT2D eigenvalue weighted by atomic mass is 9.99. The van der Waals surface area contributed by atoms with E-state index < -0.39 is 0 Å². The highest BCUT2D eigenvalue weighted by Gasteiger charge is 2.12. The maximum absolute atomic E-state index is 12.4. The number of nitrogens with zero attached hydrogens (tertiary/aromatic N) is 1. The van der Waals surface area contributed by atoms with Crippen LogP contribution in [0.15, 0.2) is 66.7 Å². The average molecular weight is 434 g/mol. The number of anilines is 1. The molecule has 0 aliphatic heterocycles. The van der Waals surface area contributed by atoms with E-state index in [1.54, 1.807) is 18.2 Å². The van der Waals surface area contributed by atoms with Gasteiger partial charge in [-0.1, -0.05) is 49.7 Å². The predicted molar refractivity (Wildman–Crippen MR) is 126 cm³/mol. The topological polar surface area (TPSA) is 67.0 Å². The minimum absolute atomic E-state index is 0.0781. The molecule has 4 aromatic rings. The molecule has 0 radical (unpaired) electrons. The Hall–Kier alpha value is -3.31. The maximum atomic E-state index is 12.4. The Morgan fingerprint density at radius 3 is 2.65 bits per heavy atom. The van der Waals surface area contributed by atoms with E-state index in [-0.39, 0.29) is 12.5 Å². The second kappa shape index (κ2) is 9.23. The fourth-order valence-corrected chi connectivity index (χ4v) is 3.55. The van der Waals surface area contributed by atoms with Crippen LogP contribution in [0.3, 0.4) is 0 Å². The van der Waals surface area contributed by atoms with Crippen LogP contribution in [0.1, 0.15) is 31.7 Å². The number of hydrogen-bond acceptors (Lipinski definition) is 3. The number of halogens is 1. The van der Waals surface area contributed by atoms with E-state index in [2.05, 4.69) is 29.1 Å². The summed E-state index contributed by atoms with van der Waals surface area (Å²) in [4.78, 5) is 20.2. The van der Waals surface area contributed by atoms with Crippen LogP contribution >= 0.6 is 11.6 Å². The Labute approximate surface area is 186 Å². The third-order valence-corrected chi connectivity index (χ3v) is 5.66. The molecule has 0 saturated heterocycles. The fraction of sp³-hybridized carbons (Fsp3) is 0.200. The summed E-state index contributed by atoms with van der Waals surface area (Å²) in [7, 11) is 0. The standard InChI is InChI=1S/C25H24ClN3O2/c1-3-16(2)17-8-11-19(12-9-17)31-15-24(30)27-18-10-13-21(26)20(14-18)25-28-22-6-4-5-7-23(22)29-25/h4-14,16H,3,15H2,1-2H3,(H,27,30)(H,28,29). The van der Waals surface area contributed by atoms with Crippen molar-refractivity contribution in [2.24, 2.45) is 0 Å². The number of imidazole rings is 1. The largest absolute Gasteiger partial charge is 0.484 e. The monoisotopic (exact) mass is 433 g/mol. The molecule has 31 heavy (non-hydrogen) atoms. The number of fused-ring (bicyclic) bond motifs is 1. The molecule has 0 bridgehead atoms. The number of nitrogens with one attached hydrogen (secondary N) is 2. The molecule has 0 saturated carbocycles. The SMILES string of the molecule is CCC(C)c1ccc(OCC(=O)Nc2ccc(Cl)c(-c3nc4ccccc4[nH]3)c2)cc1. The Kier molecular flexibility index (Phi) is 6.23. The van der Waals surface area contributed by atoms with Crippen molar-refractivity contribution in [3.05, 3.63) is 77.3 Å². The van der Waals surface area contributed by atoms with Gasteiger partial charge >= 0.3 is 0 Å². The number of para-hydroxylation sites is 2. The van der Waals surface area contributed by atoms with E-state index in [0.717, 1.165) is 23.0 Å². The number of rotatable bonds is 7. The molecule has 6 heteroatoms. The first-order valence-corrected chi connectivity index (χ1v) is 10.7. The number of benzene rings is 3. The number of carbonyl (C=O) groups is 1. The minimum atomic E-state index is -0.246. The zero-order chi connectivity index (χ0) is 21.8. The van der Waals surface area contributed by atoms with Gasteiger partial charge in [0.25, 0.3) is 5.91 Å². The van der Waals surface area contributed by atoms with Crippen LogP contribution in [0.25, 0.3) is 22.4 Å². The molecule has 1 atom stereocenters. The summed E-state index contributed by atoms with van der Waals surface area (Å²) in [5.41, 5.74) is 4.39. The van der Waals surface area contributed by atoms with Crippen LogP contribution < -0.4 is 10.1 Å². The van der Waals surface area contributed by atoms with E-state index in [1.165, 1.54) is 5.56 Å². The van der Waals surface area contributed by atoms with Crippen molar-refractivity contribution in [2.75, 3.05) is 11.9 Å². The number of aromatic nitrogens is 2. The molecular formula is C25H24ClN3O2. The van der Waals surface area contributed by atoms with Gasteiger partial charge in [0.05, 0.1) is 16.1 Å². The quantitative estimate of drug-likeness (QED) is 0.353. The lowest BCUT2D eigenvalue weighted by Gasteiger charge is -2.11. The smallest absolute Gasteiger partial charge is 0.262 e. The fourth-order valence-electron chi connectivity index (χ4n) is 3.34. The van der Waals surface area contributed by atoms with E-state index in [1.807, 2.05) is 48.5 Å². The first-order valence-electron chi connectivity index (χ1n) is 10.3. The van der Waals surface area contributed by atoms with E-state index >= 15 is 0 Å². The molecule has 0 aliphatic carbocycles. The molecule has 1 amide bonds. The molecule has 1 heterocycles. The number of ether oxygens (including phenoxy) is 1. The van der Waals surface area contributed by atoms with E-state index in [9.17, 15) is 4.79 Å². The zero-order valence-electron chi connectivity index (χ0n) is 17.5. The second-order valence-corrected chi connectivity index (χ2v) is 7.92. The molecule has 3 aromatic carbocycles. The Morgan fingerprint density at radius 1 is 1.13 bits per heavy atom. The van der Waals surface area contributed by atoms with Crippen molar-refractivity contribution < 1.29 is 9.53 Å². The second-order valence-electron chi connectivity index (χ2n) is 7.51. The van der Waals surface area contributed by atoms with Gasteiger partial charge < -0.3 is 15.0 Å². The lowest BCUT2D eigenvalue weighted by molar-refractivity contribution is -0.118. The van der Waals surface area contributed by atoms with Crippen molar-refractivity contribution >= 4 is 34.2 Å². The molecule has 0 aliphatic rings. The molecular weight excluding hydrogens is 410 g/mol. The zero-order valence-corrected chi connectivity index (χ0v) is 18.2. The summed E-state index contributed by atoms with van der Waals surface area (Å²) in [5, 5.41) is 3.41. The van der Waals surface area contributed by atoms with Gasteiger partial charge in [-0.2, -0.15) is 0 Å². The number of aromatic amines is 1. The van der Waals surface area contributed by atoms with Crippen LogP contribution in [-0.4, -0.2) is 22.5 Å². The van der Waals surface area contributed by atoms with Gasteiger partial charge in [-0.25, -0.2) is 4.98 Å². The van der Waals surface area contributed by atoms with Crippen LogP contribution in [0.5, 0.6) is 5.75 Å². The van der Waals surface area contributed by atoms with E-state index in [4.69, 9.17) is 16.3 Å². The van der Waals surface area contributed by atoms with Crippen molar-refractivity contribution in [2.45, 2.75) is 26.2 Å². The molecule has 4 rings (SSSR count). The minimum Gasteiger partial charge on any atom is -0.484 e. The highest BCUT2D eigenvalue weighted by Crippen LogP contribution is 2.30. The van der Waals surface area contributed by atoms with Crippen molar-refractivity contribution in [3.63, 3.8) is 0 Å². The Morgan fingerprint density at radius 2 is 1.90 bits per heavy atom. The summed E-state index contributed by atoms with van der Waals surface area (Å²) < 4.78 is 5.63. The van der Waals surface area contributed by atoms with Crippen molar-refractivity contribution in [1.82, 2.24) is 9.97 Å². The normalized spacial score (nSPS) is 12.0. The maximum Gasteiger partial charge on any atom is 0.262 e. The molecule has 0 fully saturated rings. The molecule has 2 N–H and O–H groups in total. The van der Waals surface area contributed by atoms with Crippen LogP contribution in [-0.2, 0) is 4.79 Å². The van der Waals surface area contributed by atoms with Crippen LogP contribution in [0.4, 0.5) is 5.69 Å². The van der Waals surface area contributed by atoms with Gasteiger partial charge in [0.2, 0.25) is 0 Å². The summed E-state index contributed by atoms with van der Waals surface area (Å²) in [6, 6.07) is 21.0. The number of hydrogen-bond donors (Lipinski definition) is 2. The van der Waals surface area contributed by atoms with Gasteiger partial charge in [-0.3, -0.25) is 4.79 Å².